The van der Waals surface area contributed by atoms with Crippen molar-refractivity contribution >= 4 is 0 Å². The van der Waals surface area contributed by atoms with Gasteiger partial charge in [0.25, 0.3) is 0 Å². The zero-order valence-electron chi connectivity index (χ0n) is 10.6. The van der Waals surface area contributed by atoms with Crippen molar-refractivity contribution < 1.29 is 14.2 Å². The van der Waals surface area contributed by atoms with Gasteiger partial charge in [0, 0.05) is 36.4 Å². The lowest BCUT2D eigenvalue weighted by molar-refractivity contribution is 0.0653. The summed E-state index contributed by atoms with van der Waals surface area (Å²) in [5, 5.41) is 14.3. The number of benzene rings is 1. The van der Waals surface area contributed by atoms with Gasteiger partial charge in [0.1, 0.15) is 17.7 Å². The third kappa shape index (κ3) is 2.21. The summed E-state index contributed by atoms with van der Waals surface area (Å²) in [6, 6.07) is 4.22. The van der Waals surface area contributed by atoms with Crippen LogP contribution in [0.3, 0.4) is 0 Å². The predicted molar refractivity (Wildman–Crippen MR) is 67.2 cm³/mol. The zero-order chi connectivity index (χ0) is 13.4. The highest BCUT2D eigenvalue weighted by atomic mass is 19.1. The smallest absolute Gasteiger partial charge is 0.130 e. The number of aryl methyl sites for hydroxylation is 1. The Kier molecular flexibility index (Phi) is 2.98. The molecule has 2 aromatic rings. The van der Waals surface area contributed by atoms with E-state index in [1.54, 1.807) is 16.9 Å². The maximum atomic E-state index is 13.2. The van der Waals surface area contributed by atoms with E-state index in [2.05, 4.69) is 5.10 Å². The number of halogens is 1. The summed E-state index contributed by atoms with van der Waals surface area (Å²) >= 11 is 0. The SMILES string of the molecule is CCn1cc(C2CC(O)c3ccc(F)cc3O2)cn1. The van der Waals surface area contributed by atoms with Gasteiger partial charge in [-0.25, -0.2) is 4.39 Å². The van der Waals surface area contributed by atoms with Gasteiger partial charge in [-0.15, -0.1) is 0 Å². The molecule has 0 spiro atoms. The number of hydrogen-bond donors (Lipinski definition) is 1. The number of aromatic nitrogens is 2. The molecule has 0 fully saturated rings. The van der Waals surface area contributed by atoms with E-state index in [9.17, 15) is 9.50 Å². The predicted octanol–water partition coefficient (Wildman–Crippen LogP) is 2.60. The molecule has 0 radical (unpaired) electrons. The quantitative estimate of drug-likeness (QED) is 0.905. The summed E-state index contributed by atoms with van der Waals surface area (Å²) in [6.07, 6.45) is 3.14. The van der Waals surface area contributed by atoms with E-state index in [0.29, 0.717) is 17.7 Å². The van der Waals surface area contributed by atoms with E-state index in [-0.39, 0.29) is 11.9 Å². The van der Waals surface area contributed by atoms with Crippen molar-refractivity contribution in [2.75, 3.05) is 0 Å². The van der Waals surface area contributed by atoms with Crippen molar-refractivity contribution in [2.24, 2.45) is 0 Å². The number of rotatable bonds is 2. The Labute approximate surface area is 110 Å². The zero-order valence-corrected chi connectivity index (χ0v) is 10.6. The van der Waals surface area contributed by atoms with E-state index in [0.717, 1.165) is 12.1 Å². The van der Waals surface area contributed by atoms with Gasteiger partial charge in [-0.2, -0.15) is 5.10 Å². The first-order valence-corrected chi connectivity index (χ1v) is 6.34. The van der Waals surface area contributed by atoms with Gasteiger partial charge < -0.3 is 9.84 Å². The summed E-state index contributed by atoms with van der Waals surface area (Å²) in [5.74, 6) is 0.0452. The summed E-state index contributed by atoms with van der Waals surface area (Å²) in [5.41, 5.74) is 1.54. The average molecular weight is 262 g/mol. The Morgan fingerprint density at radius 3 is 3.11 bits per heavy atom. The molecule has 0 saturated carbocycles. The molecule has 19 heavy (non-hydrogen) atoms. The summed E-state index contributed by atoms with van der Waals surface area (Å²) < 4.78 is 20.8. The lowest BCUT2D eigenvalue weighted by atomic mass is 9.96. The number of nitrogens with zero attached hydrogens (tertiary/aromatic N) is 2. The molecule has 5 heteroatoms. The first kappa shape index (κ1) is 12.2. The van der Waals surface area contributed by atoms with Crippen molar-refractivity contribution in [2.45, 2.75) is 32.1 Å². The monoisotopic (exact) mass is 262 g/mol. The second kappa shape index (κ2) is 4.66. The fraction of sp³-hybridized carbons (Fsp3) is 0.357. The van der Waals surface area contributed by atoms with Gasteiger partial charge >= 0.3 is 0 Å². The van der Waals surface area contributed by atoms with Gasteiger partial charge in [0.05, 0.1) is 12.3 Å². The van der Waals surface area contributed by atoms with E-state index in [1.165, 1.54) is 12.1 Å². The highest BCUT2D eigenvalue weighted by Gasteiger charge is 2.29. The molecule has 4 nitrogen and oxygen atoms in total. The molecule has 1 aliphatic heterocycles. The minimum Gasteiger partial charge on any atom is -0.485 e. The molecular weight excluding hydrogens is 247 g/mol. The fourth-order valence-electron chi connectivity index (χ4n) is 2.34. The number of hydrogen-bond acceptors (Lipinski definition) is 3. The van der Waals surface area contributed by atoms with Crippen LogP contribution in [0.5, 0.6) is 5.75 Å². The van der Waals surface area contributed by atoms with Crippen LogP contribution in [0, 0.1) is 5.82 Å². The van der Waals surface area contributed by atoms with Gasteiger partial charge in [-0.1, -0.05) is 0 Å². The second-order valence-electron chi connectivity index (χ2n) is 4.67. The maximum Gasteiger partial charge on any atom is 0.130 e. The fourth-order valence-corrected chi connectivity index (χ4v) is 2.34. The lowest BCUT2D eigenvalue weighted by Crippen LogP contribution is -2.18. The third-order valence-corrected chi connectivity index (χ3v) is 3.39. The molecule has 0 bridgehead atoms. The highest BCUT2D eigenvalue weighted by Crippen LogP contribution is 2.40. The minimum atomic E-state index is -0.640. The molecule has 1 N–H and O–H groups in total. The molecule has 100 valence electrons. The van der Waals surface area contributed by atoms with E-state index in [4.69, 9.17) is 4.74 Å². The van der Waals surface area contributed by atoms with Crippen molar-refractivity contribution in [1.29, 1.82) is 0 Å². The minimum absolute atomic E-state index is 0.287. The van der Waals surface area contributed by atoms with Crippen LogP contribution in [-0.2, 0) is 6.54 Å². The molecule has 2 atom stereocenters. The summed E-state index contributed by atoms with van der Waals surface area (Å²) in [7, 11) is 0. The largest absolute Gasteiger partial charge is 0.485 e. The van der Waals surface area contributed by atoms with Crippen LogP contribution in [0.1, 0.15) is 36.7 Å². The molecule has 0 saturated heterocycles. The Hall–Kier alpha value is -1.88. The first-order chi connectivity index (χ1) is 9.17. The summed E-state index contributed by atoms with van der Waals surface area (Å²) in [4.78, 5) is 0. The molecule has 0 aliphatic carbocycles. The normalized spacial score (nSPS) is 21.8. The maximum absolute atomic E-state index is 13.2. The van der Waals surface area contributed by atoms with Gasteiger partial charge in [0.2, 0.25) is 0 Å². The van der Waals surface area contributed by atoms with Crippen LogP contribution >= 0.6 is 0 Å². The van der Waals surface area contributed by atoms with Crippen LogP contribution in [0.25, 0.3) is 0 Å². The van der Waals surface area contributed by atoms with Gasteiger partial charge in [-0.05, 0) is 19.1 Å². The molecule has 1 aromatic heterocycles. The number of aliphatic hydroxyl groups excluding tert-OH is 1. The average Bonchev–Trinajstić information content (AvgIpc) is 2.86. The standard InChI is InChI=1S/C14H15FN2O2/c1-2-17-8-9(7-16-17)13-6-12(18)11-4-3-10(15)5-14(11)19-13/h3-5,7-8,12-13,18H,2,6H2,1H3. The van der Waals surface area contributed by atoms with Gasteiger partial charge in [-0.3, -0.25) is 4.68 Å². The molecule has 0 amide bonds. The van der Waals surface area contributed by atoms with Crippen molar-refractivity contribution in [3.63, 3.8) is 0 Å². The molecule has 3 rings (SSSR count). The van der Waals surface area contributed by atoms with Crippen LogP contribution in [0.2, 0.25) is 0 Å². The van der Waals surface area contributed by atoms with Crippen molar-refractivity contribution in [3.8, 4) is 5.75 Å². The molecule has 2 heterocycles. The van der Waals surface area contributed by atoms with Crippen LogP contribution in [0.15, 0.2) is 30.6 Å². The number of fused-ring (bicyclic) bond motifs is 1. The van der Waals surface area contributed by atoms with Gasteiger partial charge in [0.15, 0.2) is 0 Å². The first-order valence-electron chi connectivity index (χ1n) is 6.34. The molecule has 2 unspecified atom stereocenters. The van der Waals surface area contributed by atoms with Crippen LogP contribution in [0.4, 0.5) is 4.39 Å². The number of aliphatic hydroxyl groups is 1. The van der Waals surface area contributed by atoms with E-state index < -0.39 is 6.10 Å². The van der Waals surface area contributed by atoms with Crippen LogP contribution in [-0.4, -0.2) is 14.9 Å². The van der Waals surface area contributed by atoms with E-state index >= 15 is 0 Å². The topological polar surface area (TPSA) is 47.3 Å². The second-order valence-corrected chi connectivity index (χ2v) is 4.67. The molecule has 1 aliphatic rings. The Morgan fingerprint density at radius 2 is 2.37 bits per heavy atom. The van der Waals surface area contributed by atoms with Crippen molar-refractivity contribution in [1.82, 2.24) is 9.78 Å². The third-order valence-electron chi connectivity index (χ3n) is 3.39. The highest BCUT2D eigenvalue weighted by molar-refractivity contribution is 5.38. The molecular formula is C14H15FN2O2. The van der Waals surface area contributed by atoms with Crippen LogP contribution < -0.4 is 4.74 Å². The Morgan fingerprint density at radius 1 is 1.53 bits per heavy atom. The number of ether oxygens (including phenoxy) is 1. The Balaban J connectivity index is 1.91. The van der Waals surface area contributed by atoms with Crippen molar-refractivity contribution in [3.05, 3.63) is 47.5 Å². The van der Waals surface area contributed by atoms with E-state index in [1.807, 2.05) is 13.1 Å². The lowest BCUT2D eigenvalue weighted by Gasteiger charge is -2.29. The molecule has 1 aromatic carbocycles. The summed E-state index contributed by atoms with van der Waals surface area (Å²) in [6.45, 7) is 2.78. The Bertz CT molecular complexity index is 597.